The van der Waals surface area contributed by atoms with Crippen molar-refractivity contribution in [2.75, 3.05) is 19.8 Å². The summed E-state index contributed by atoms with van der Waals surface area (Å²) in [5.74, 6) is -5.65. The van der Waals surface area contributed by atoms with Crippen molar-refractivity contribution < 1.29 is 57.9 Å². The van der Waals surface area contributed by atoms with Gasteiger partial charge in [-0.25, -0.2) is 19.4 Å². The summed E-state index contributed by atoms with van der Waals surface area (Å²) >= 11 is 0. The Morgan fingerprint density at radius 3 is 1.37 bits per heavy atom. The van der Waals surface area contributed by atoms with E-state index in [2.05, 4.69) is 25.8 Å². The summed E-state index contributed by atoms with van der Waals surface area (Å²) in [5, 5.41) is 16.9. The number of ether oxygens (including phenoxy) is 4. The topological polar surface area (TPSA) is 193 Å². The van der Waals surface area contributed by atoms with E-state index in [0.717, 1.165) is 64.7 Å². The minimum Gasteiger partial charge on any atom is -0.477 e. The van der Waals surface area contributed by atoms with Gasteiger partial charge in [-0.1, -0.05) is 84.6 Å². The molecule has 0 amide bonds. The van der Waals surface area contributed by atoms with Crippen LogP contribution in [0.2, 0.25) is 0 Å². The van der Waals surface area contributed by atoms with E-state index in [1.165, 1.54) is 18.2 Å². The molecule has 260 valence electrons. The molecule has 0 spiro atoms. The highest BCUT2D eigenvalue weighted by atomic mass is 16.6. The summed E-state index contributed by atoms with van der Waals surface area (Å²) in [4.78, 5) is 74.0. The van der Waals surface area contributed by atoms with E-state index in [9.17, 15) is 28.8 Å². The maximum Gasteiger partial charge on any atom is 0.354 e. The lowest BCUT2D eigenvalue weighted by atomic mass is 9.95. The number of hydrogen-bond acceptors (Lipinski definition) is 11. The molecule has 13 heteroatoms. The van der Waals surface area contributed by atoms with E-state index < -0.39 is 54.3 Å². The molecule has 1 rings (SSSR count). The molecule has 0 unspecified atom stereocenters. The molecule has 0 bridgehead atoms. The first-order valence-corrected chi connectivity index (χ1v) is 16.0. The maximum absolute atomic E-state index is 13.0. The number of rotatable bonds is 23. The lowest BCUT2D eigenvalue weighted by molar-refractivity contribution is -0.190. The van der Waals surface area contributed by atoms with Crippen LogP contribution in [0.4, 0.5) is 0 Å². The molecule has 0 aliphatic carbocycles. The minimum atomic E-state index is -2.10. The van der Waals surface area contributed by atoms with Gasteiger partial charge in [0.25, 0.3) is 0 Å². The van der Waals surface area contributed by atoms with Gasteiger partial charge in [0, 0.05) is 6.92 Å². The van der Waals surface area contributed by atoms with Gasteiger partial charge < -0.3 is 29.2 Å². The Balaban J connectivity index is 0.00000140. The highest BCUT2D eigenvalue weighted by Crippen LogP contribution is 2.26. The largest absolute Gasteiger partial charge is 0.477 e. The van der Waals surface area contributed by atoms with Crippen molar-refractivity contribution in [3.05, 3.63) is 29.6 Å². The van der Waals surface area contributed by atoms with Crippen LogP contribution in [0.25, 0.3) is 0 Å². The molecule has 0 aromatic carbocycles. The van der Waals surface area contributed by atoms with Crippen molar-refractivity contribution in [1.82, 2.24) is 4.98 Å². The molecule has 1 aromatic rings. The van der Waals surface area contributed by atoms with Crippen LogP contribution in [0.15, 0.2) is 18.2 Å². The van der Waals surface area contributed by atoms with Gasteiger partial charge in [-0.3, -0.25) is 14.4 Å². The molecule has 1 aromatic heterocycles. The Kier molecular flexibility index (Phi) is 23.0. The van der Waals surface area contributed by atoms with Crippen LogP contribution in [0, 0.1) is 0 Å². The Hall–Kier alpha value is -4.03. The van der Waals surface area contributed by atoms with E-state index in [1.807, 2.05) is 0 Å². The lowest BCUT2D eigenvalue weighted by Crippen LogP contribution is -2.48. The van der Waals surface area contributed by atoms with Gasteiger partial charge in [0.15, 0.2) is 0 Å². The zero-order chi connectivity index (χ0) is 34.8. The minimum absolute atomic E-state index is 0.111. The van der Waals surface area contributed by atoms with Gasteiger partial charge in [0.05, 0.1) is 32.7 Å². The number of nitrogens with zero attached hydrogens (tertiary/aromatic N) is 1. The fourth-order valence-electron chi connectivity index (χ4n) is 4.09. The summed E-state index contributed by atoms with van der Waals surface area (Å²) in [7, 11) is 0. The third kappa shape index (κ3) is 19.4. The number of esters is 4. The molecule has 0 aliphatic rings. The highest BCUT2D eigenvalue weighted by Gasteiger charge is 2.48. The van der Waals surface area contributed by atoms with Gasteiger partial charge in [-0.2, -0.15) is 0 Å². The van der Waals surface area contributed by atoms with E-state index in [4.69, 9.17) is 29.2 Å². The van der Waals surface area contributed by atoms with Crippen molar-refractivity contribution in [3.8, 4) is 0 Å². The number of carboxylic acids is 2. The number of aromatic nitrogens is 1. The molecule has 2 N–H and O–H groups in total. The fourth-order valence-corrected chi connectivity index (χ4v) is 4.09. The lowest BCUT2D eigenvalue weighted by Gasteiger charge is -2.29. The quantitative estimate of drug-likeness (QED) is 0.0804. The molecule has 0 aliphatic heterocycles. The van der Waals surface area contributed by atoms with E-state index in [-0.39, 0.29) is 31.2 Å². The molecule has 46 heavy (non-hydrogen) atoms. The van der Waals surface area contributed by atoms with Gasteiger partial charge in [-0.05, 0) is 31.4 Å². The van der Waals surface area contributed by atoms with Crippen molar-refractivity contribution in [2.24, 2.45) is 0 Å². The summed E-state index contributed by atoms with van der Waals surface area (Å²) in [5.41, 5.74) is -2.64. The Labute approximate surface area is 271 Å². The van der Waals surface area contributed by atoms with Crippen LogP contribution in [-0.4, -0.2) is 76.4 Å². The zero-order valence-electron chi connectivity index (χ0n) is 27.7. The fraction of sp³-hybridized carbons (Fsp3) is 0.667. The number of unbranched alkanes of at least 4 members (excludes halogenated alkanes) is 9. The Morgan fingerprint density at radius 2 is 1.02 bits per heavy atom. The Morgan fingerprint density at radius 1 is 0.630 bits per heavy atom. The first-order chi connectivity index (χ1) is 21.9. The smallest absolute Gasteiger partial charge is 0.354 e. The number of hydrogen-bond donors (Lipinski definition) is 2. The summed E-state index contributed by atoms with van der Waals surface area (Å²) in [6.07, 6.45) is 9.74. The van der Waals surface area contributed by atoms with Crippen LogP contribution >= 0.6 is 0 Å². The van der Waals surface area contributed by atoms with Gasteiger partial charge in [0.1, 0.15) is 11.4 Å². The van der Waals surface area contributed by atoms with E-state index in [0.29, 0.717) is 19.3 Å². The van der Waals surface area contributed by atoms with Crippen LogP contribution in [0.5, 0.6) is 0 Å². The predicted octanol–water partition coefficient (Wildman–Crippen LogP) is 5.92. The molecule has 0 radical (unpaired) electrons. The molecule has 0 saturated carbocycles. The van der Waals surface area contributed by atoms with E-state index >= 15 is 0 Å². The zero-order valence-corrected chi connectivity index (χ0v) is 27.7. The van der Waals surface area contributed by atoms with Crippen molar-refractivity contribution in [3.63, 3.8) is 0 Å². The van der Waals surface area contributed by atoms with Crippen LogP contribution in [-0.2, 0) is 38.1 Å². The molecular weight excluding hydrogens is 602 g/mol. The second-order valence-corrected chi connectivity index (χ2v) is 10.7. The van der Waals surface area contributed by atoms with Gasteiger partial charge in [-0.15, -0.1) is 0 Å². The second kappa shape index (κ2) is 25.2. The van der Waals surface area contributed by atoms with Crippen molar-refractivity contribution in [2.45, 2.75) is 123 Å². The van der Waals surface area contributed by atoms with Crippen molar-refractivity contribution in [1.29, 1.82) is 0 Å². The number of carbonyl (C=O) groups is 6. The third-order valence-corrected chi connectivity index (χ3v) is 6.51. The average molecular weight is 654 g/mol. The monoisotopic (exact) mass is 653 g/mol. The first-order valence-electron chi connectivity index (χ1n) is 16.0. The predicted molar refractivity (Wildman–Crippen MR) is 167 cm³/mol. The number of carboxylic acid groups (broad SMARTS) is 2. The summed E-state index contributed by atoms with van der Waals surface area (Å²) in [6.45, 7) is 7.85. The molecule has 0 atom stereocenters. The first kappa shape index (κ1) is 42.0. The normalized spacial score (nSPS) is 10.6. The van der Waals surface area contributed by atoms with Gasteiger partial charge >= 0.3 is 35.8 Å². The van der Waals surface area contributed by atoms with Crippen molar-refractivity contribution >= 4 is 35.8 Å². The average Bonchev–Trinajstić information content (AvgIpc) is 3.00. The number of carbonyl (C=O) groups excluding carboxylic acids is 4. The van der Waals surface area contributed by atoms with Crippen LogP contribution < -0.4 is 0 Å². The third-order valence-electron chi connectivity index (χ3n) is 6.51. The summed E-state index contributed by atoms with van der Waals surface area (Å²) < 4.78 is 21.1. The molecular formula is C33H51NO12. The number of pyridine rings is 1. The standard InChI is InChI=1S/C26H46O8.C7H5NO4/c1-5-8-11-14-17-31-23(28)20-26(34-22(4)27,25(30)33-19-16-13-10-7-3)21-24(29)32-18-15-12-9-6-2;9-6(10)4-2-1-3-5(8-4)7(11)12/h5-21H2,1-4H3;1-3H,(H,9,10)(H,11,12). The molecule has 13 nitrogen and oxygen atoms in total. The summed E-state index contributed by atoms with van der Waals surface area (Å²) in [6, 6.07) is 3.80. The van der Waals surface area contributed by atoms with Crippen LogP contribution in [0.3, 0.4) is 0 Å². The SMILES string of the molecule is CCCCCCOC(=O)CC(CC(=O)OCCCCCC)(OC(C)=O)C(=O)OCCCCCC.O=C(O)c1cccc(C(=O)O)n1. The van der Waals surface area contributed by atoms with E-state index in [1.54, 1.807) is 0 Å². The Bertz CT molecular complexity index is 1030. The molecule has 0 fully saturated rings. The van der Waals surface area contributed by atoms with Crippen LogP contribution in [0.1, 0.15) is 139 Å². The molecule has 0 saturated heterocycles. The number of aromatic carboxylic acids is 2. The molecule has 1 heterocycles. The second-order valence-electron chi connectivity index (χ2n) is 10.7. The maximum atomic E-state index is 13.0. The highest BCUT2D eigenvalue weighted by molar-refractivity contribution is 5.92. The van der Waals surface area contributed by atoms with Gasteiger partial charge in [0.2, 0.25) is 5.60 Å².